The summed E-state index contributed by atoms with van der Waals surface area (Å²) in [6.07, 6.45) is 0. The van der Waals surface area contributed by atoms with Gasteiger partial charge in [-0.15, -0.1) is 0 Å². The van der Waals surface area contributed by atoms with Crippen LogP contribution in [-0.2, 0) is 10.3 Å². The predicted octanol–water partition coefficient (Wildman–Crippen LogP) is 1.92. The molecular weight excluding hydrogens is 245 g/mol. The molecule has 1 aromatic carbocycles. The monoisotopic (exact) mass is 261 g/mol. The van der Waals surface area contributed by atoms with E-state index in [4.69, 9.17) is 16.3 Å². The van der Waals surface area contributed by atoms with Crippen molar-refractivity contribution in [3.63, 3.8) is 0 Å². The minimum atomic E-state index is -1.22. The van der Waals surface area contributed by atoms with Crippen LogP contribution in [0.3, 0.4) is 0 Å². The van der Waals surface area contributed by atoms with E-state index in [1.54, 1.807) is 14.0 Å². The third-order valence-electron chi connectivity index (χ3n) is 2.46. The van der Waals surface area contributed by atoms with Crippen molar-refractivity contribution >= 4 is 11.6 Å². The van der Waals surface area contributed by atoms with Gasteiger partial charge in [-0.05, 0) is 25.1 Å². The van der Waals surface area contributed by atoms with Crippen LogP contribution in [0.2, 0.25) is 5.02 Å². The van der Waals surface area contributed by atoms with Gasteiger partial charge in [0.25, 0.3) is 0 Å². The molecule has 0 bridgehead atoms. The number of methoxy groups -OCH3 is 1. The Morgan fingerprint density at radius 1 is 1.53 bits per heavy atom. The summed E-state index contributed by atoms with van der Waals surface area (Å²) in [7, 11) is 1.60. The van der Waals surface area contributed by atoms with Crippen LogP contribution in [0.4, 0.5) is 4.39 Å². The van der Waals surface area contributed by atoms with Gasteiger partial charge in [-0.3, -0.25) is 0 Å². The van der Waals surface area contributed by atoms with Crippen LogP contribution in [0.25, 0.3) is 0 Å². The molecule has 1 aromatic rings. The van der Waals surface area contributed by atoms with Gasteiger partial charge < -0.3 is 15.2 Å². The number of hydrogen-bond acceptors (Lipinski definition) is 3. The lowest BCUT2D eigenvalue weighted by molar-refractivity contribution is 0.0548. The first-order chi connectivity index (χ1) is 7.97. The summed E-state index contributed by atoms with van der Waals surface area (Å²) in [6, 6.07) is 3.95. The smallest absolute Gasteiger partial charge is 0.123 e. The lowest BCUT2D eigenvalue weighted by Crippen LogP contribution is -2.37. The molecule has 2 N–H and O–H groups in total. The van der Waals surface area contributed by atoms with E-state index in [9.17, 15) is 9.50 Å². The van der Waals surface area contributed by atoms with E-state index >= 15 is 0 Å². The molecule has 3 nitrogen and oxygen atoms in total. The first kappa shape index (κ1) is 14.4. The van der Waals surface area contributed by atoms with Gasteiger partial charge in [0, 0.05) is 30.8 Å². The van der Waals surface area contributed by atoms with Gasteiger partial charge in [-0.25, -0.2) is 4.39 Å². The fraction of sp³-hybridized carbons (Fsp3) is 0.500. The van der Waals surface area contributed by atoms with Crippen molar-refractivity contribution in [1.82, 2.24) is 5.32 Å². The van der Waals surface area contributed by atoms with E-state index < -0.39 is 11.4 Å². The number of nitrogens with one attached hydrogen (secondary N) is 1. The molecule has 0 aromatic heterocycles. The van der Waals surface area contributed by atoms with E-state index in [0.29, 0.717) is 23.7 Å². The highest BCUT2D eigenvalue weighted by molar-refractivity contribution is 6.31. The molecule has 0 spiro atoms. The van der Waals surface area contributed by atoms with Crippen LogP contribution < -0.4 is 5.32 Å². The van der Waals surface area contributed by atoms with Crippen molar-refractivity contribution in [2.45, 2.75) is 12.5 Å². The largest absolute Gasteiger partial charge is 0.384 e. The van der Waals surface area contributed by atoms with Gasteiger partial charge in [0.2, 0.25) is 0 Å². The maximum atomic E-state index is 13.1. The number of hydrogen-bond donors (Lipinski definition) is 2. The zero-order valence-electron chi connectivity index (χ0n) is 9.96. The zero-order chi connectivity index (χ0) is 12.9. The molecule has 1 unspecified atom stereocenters. The molecule has 1 rings (SSSR count). The molecule has 0 heterocycles. The molecule has 0 saturated carbocycles. The standard InChI is InChI=1S/C12H17ClFNO2/c1-12(16,8-15-5-6-17-2)10-7-9(14)3-4-11(10)13/h3-4,7,15-16H,5-6,8H2,1-2H3. The average molecular weight is 262 g/mol. The first-order valence-corrected chi connectivity index (χ1v) is 5.73. The number of aliphatic hydroxyl groups is 1. The Morgan fingerprint density at radius 2 is 2.24 bits per heavy atom. The number of halogens is 2. The quantitative estimate of drug-likeness (QED) is 0.769. The highest BCUT2D eigenvalue weighted by atomic mass is 35.5. The lowest BCUT2D eigenvalue weighted by atomic mass is 9.96. The second-order valence-electron chi connectivity index (χ2n) is 4.07. The second kappa shape index (κ2) is 6.31. The maximum absolute atomic E-state index is 13.1. The molecule has 96 valence electrons. The van der Waals surface area contributed by atoms with Gasteiger partial charge in [0.15, 0.2) is 0 Å². The Kier molecular flexibility index (Phi) is 5.33. The van der Waals surface area contributed by atoms with Gasteiger partial charge in [-0.1, -0.05) is 11.6 Å². The minimum Gasteiger partial charge on any atom is -0.384 e. The van der Waals surface area contributed by atoms with Crippen molar-refractivity contribution in [3.05, 3.63) is 34.6 Å². The third-order valence-corrected chi connectivity index (χ3v) is 2.79. The Labute approximate surface area is 106 Å². The summed E-state index contributed by atoms with van der Waals surface area (Å²) >= 11 is 5.94. The normalized spacial score (nSPS) is 14.6. The molecule has 5 heteroatoms. The topological polar surface area (TPSA) is 41.5 Å². The molecule has 0 aliphatic rings. The van der Waals surface area contributed by atoms with Crippen LogP contribution in [0.1, 0.15) is 12.5 Å². The molecule has 0 aliphatic heterocycles. The van der Waals surface area contributed by atoms with Crippen LogP contribution in [0.15, 0.2) is 18.2 Å². The van der Waals surface area contributed by atoms with Crippen LogP contribution in [0, 0.1) is 5.82 Å². The molecule has 0 fully saturated rings. The van der Waals surface area contributed by atoms with Crippen LogP contribution >= 0.6 is 11.6 Å². The Balaban J connectivity index is 2.71. The third kappa shape index (κ3) is 4.24. The van der Waals surface area contributed by atoms with Gasteiger partial charge in [0.05, 0.1) is 6.61 Å². The van der Waals surface area contributed by atoms with Crippen LogP contribution in [-0.4, -0.2) is 31.9 Å². The van der Waals surface area contributed by atoms with Crippen molar-refractivity contribution in [2.75, 3.05) is 26.8 Å². The zero-order valence-corrected chi connectivity index (χ0v) is 10.7. The highest BCUT2D eigenvalue weighted by Gasteiger charge is 2.25. The van der Waals surface area contributed by atoms with Gasteiger partial charge in [-0.2, -0.15) is 0 Å². The number of benzene rings is 1. The SMILES string of the molecule is COCCNCC(C)(O)c1cc(F)ccc1Cl. The molecule has 1 atom stereocenters. The fourth-order valence-electron chi connectivity index (χ4n) is 1.51. The Hall–Kier alpha value is -0.680. The van der Waals surface area contributed by atoms with E-state index in [1.165, 1.54) is 18.2 Å². The predicted molar refractivity (Wildman–Crippen MR) is 65.7 cm³/mol. The van der Waals surface area contributed by atoms with Gasteiger partial charge in [0.1, 0.15) is 11.4 Å². The van der Waals surface area contributed by atoms with E-state index in [-0.39, 0.29) is 6.54 Å². The van der Waals surface area contributed by atoms with Crippen molar-refractivity contribution < 1.29 is 14.2 Å². The highest BCUT2D eigenvalue weighted by Crippen LogP contribution is 2.28. The van der Waals surface area contributed by atoms with Crippen molar-refractivity contribution in [3.8, 4) is 0 Å². The molecule has 0 amide bonds. The summed E-state index contributed by atoms with van der Waals surface area (Å²) in [5, 5.41) is 13.6. The average Bonchev–Trinajstić information content (AvgIpc) is 2.28. The summed E-state index contributed by atoms with van der Waals surface area (Å²) in [5.41, 5.74) is -0.837. The van der Waals surface area contributed by atoms with Crippen LogP contribution in [0.5, 0.6) is 0 Å². The van der Waals surface area contributed by atoms with Crippen molar-refractivity contribution in [2.24, 2.45) is 0 Å². The molecule has 17 heavy (non-hydrogen) atoms. The number of rotatable bonds is 6. The lowest BCUT2D eigenvalue weighted by Gasteiger charge is -2.25. The summed E-state index contributed by atoms with van der Waals surface area (Å²) in [6.45, 7) is 3.03. The summed E-state index contributed by atoms with van der Waals surface area (Å²) in [4.78, 5) is 0. The van der Waals surface area contributed by atoms with E-state index in [0.717, 1.165) is 0 Å². The van der Waals surface area contributed by atoms with E-state index in [2.05, 4.69) is 5.32 Å². The molecule has 0 saturated heterocycles. The maximum Gasteiger partial charge on any atom is 0.123 e. The first-order valence-electron chi connectivity index (χ1n) is 5.35. The summed E-state index contributed by atoms with van der Waals surface area (Å²) < 4.78 is 18.0. The minimum absolute atomic E-state index is 0.277. The Bertz CT molecular complexity index is 372. The Morgan fingerprint density at radius 3 is 2.88 bits per heavy atom. The van der Waals surface area contributed by atoms with Gasteiger partial charge >= 0.3 is 0 Å². The molecule has 0 aliphatic carbocycles. The molecular formula is C12H17ClFNO2. The second-order valence-corrected chi connectivity index (χ2v) is 4.47. The fourth-order valence-corrected chi connectivity index (χ4v) is 1.83. The van der Waals surface area contributed by atoms with E-state index in [1.807, 2.05) is 0 Å². The molecule has 0 radical (unpaired) electrons. The van der Waals surface area contributed by atoms with Crippen molar-refractivity contribution in [1.29, 1.82) is 0 Å². The number of ether oxygens (including phenoxy) is 1. The summed E-state index contributed by atoms with van der Waals surface area (Å²) in [5.74, 6) is -0.415.